The van der Waals surface area contributed by atoms with E-state index in [1.54, 1.807) is 12.1 Å². The van der Waals surface area contributed by atoms with E-state index in [1.165, 1.54) is 25.0 Å². The van der Waals surface area contributed by atoms with Crippen LogP contribution < -0.4 is 20.0 Å². The summed E-state index contributed by atoms with van der Waals surface area (Å²) in [6, 6.07) is 9.69. The summed E-state index contributed by atoms with van der Waals surface area (Å²) in [5.74, 6) is -3.04. The van der Waals surface area contributed by atoms with Gasteiger partial charge in [0, 0.05) is 37.6 Å². The summed E-state index contributed by atoms with van der Waals surface area (Å²) < 4.78 is 30.3. The Hall–Kier alpha value is -2.18. The fraction of sp³-hybridized carbons (Fsp3) is 0.625. The molecule has 0 heterocycles. The van der Waals surface area contributed by atoms with Crippen molar-refractivity contribution in [3.8, 4) is 0 Å². The molecule has 0 aliphatic heterocycles. The van der Waals surface area contributed by atoms with Crippen molar-refractivity contribution >= 4 is 11.4 Å². The maximum absolute atomic E-state index is 15.2. The predicted octanol–water partition coefficient (Wildman–Crippen LogP) is 6.12. The normalized spacial score (nSPS) is 20.8. The fourth-order valence-corrected chi connectivity index (χ4v) is 5.75. The van der Waals surface area contributed by atoms with Gasteiger partial charge in [0.1, 0.15) is 11.6 Å². The highest BCUT2D eigenvalue weighted by atomic mass is 19.1. The molecule has 2 aromatic rings. The minimum atomic E-state index is -1.37. The largest absolute Gasteiger partial charge is 0.851 e. The molecule has 0 spiro atoms. The molecule has 38 heavy (non-hydrogen) atoms. The van der Waals surface area contributed by atoms with E-state index in [9.17, 15) is 10.2 Å². The first-order valence-corrected chi connectivity index (χ1v) is 14.8. The van der Waals surface area contributed by atoms with Crippen molar-refractivity contribution < 1.29 is 19.0 Å². The SMILES string of the molecule is CCCCCCN(CC)c1ccc(C2C([O-])C(c3ccc(N(CC)CCCCCC)cc3F)C2[O-])c(F)c1. The summed E-state index contributed by atoms with van der Waals surface area (Å²) in [4.78, 5) is 4.24. The maximum atomic E-state index is 15.2. The molecular formula is C32H46F2N2O2-2. The molecule has 1 fully saturated rings. The van der Waals surface area contributed by atoms with Crippen molar-refractivity contribution in [3.63, 3.8) is 0 Å². The first kappa shape index (κ1) is 30.4. The van der Waals surface area contributed by atoms with Gasteiger partial charge in [-0.15, -0.1) is 12.2 Å². The molecule has 6 heteroatoms. The van der Waals surface area contributed by atoms with Crippen LogP contribution in [0.2, 0.25) is 0 Å². The Morgan fingerprint density at radius 2 is 1.00 bits per heavy atom. The van der Waals surface area contributed by atoms with Crippen LogP contribution in [0.3, 0.4) is 0 Å². The lowest BCUT2D eigenvalue weighted by molar-refractivity contribution is -0.536. The lowest BCUT2D eigenvalue weighted by Crippen LogP contribution is -2.64. The molecule has 1 saturated carbocycles. The van der Waals surface area contributed by atoms with Crippen LogP contribution in [0.15, 0.2) is 36.4 Å². The highest BCUT2D eigenvalue weighted by Crippen LogP contribution is 2.47. The average Bonchev–Trinajstić information content (AvgIpc) is 2.91. The van der Waals surface area contributed by atoms with Crippen LogP contribution in [0.5, 0.6) is 0 Å². The van der Waals surface area contributed by atoms with Crippen molar-refractivity contribution in [1.29, 1.82) is 0 Å². The van der Waals surface area contributed by atoms with E-state index in [0.29, 0.717) is 0 Å². The quantitative estimate of drug-likeness (QED) is 0.247. The van der Waals surface area contributed by atoms with Gasteiger partial charge in [0.15, 0.2) is 0 Å². The molecular weight excluding hydrogens is 482 g/mol. The summed E-state index contributed by atoms with van der Waals surface area (Å²) in [6.45, 7) is 11.6. The molecule has 0 saturated heterocycles. The Balaban J connectivity index is 1.69. The van der Waals surface area contributed by atoms with Gasteiger partial charge in [-0.25, -0.2) is 8.78 Å². The molecule has 0 bridgehead atoms. The van der Waals surface area contributed by atoms with E-state index in [0.717, 1.165) is 76.1 Å². The second-order valence-electron chi connectivity index (χ2n) is 10.7. The number of halogens is 2. The van der Waals surface area contributed by atoms with Crippen molar-refractivity contribution in [2.24, 2.45) is 0 Å². The molecule has 1 aliphatic rings. The number of hydrogen-bond donors (Lipinski definition) is 0. The minimum Gasteiger partial charge on any atom is -0.851 e. The number of anilines is 2. The Morgan fingerprint density at radius 3 is 1.32 bits per heavy atom. The molecule has 3 rings (SSSR count). The second-order valence-corrected chi connectivity index (χ2v) is 10.7. The van der Waals surface area contributed by atoms with E-state index in [2.05, 4.69) is 23.6 Å². The molecule has 1 aliphatic carbocycles. The molecule has 2 aromatic carbocycles. The molecule has 0 N–H and O–H groups in total. The zero-order valence-electron chi connectivity index (χ0n) is 23.7. The number of unbranched alkanes of at least 4 members (excludes halogenated alkanes) is 6. The Morgan fingerprint density at radius 1 is 0.605 bits per heavy atom. The third-order valence-electron chi connectivity index (χ3n) is 8.16. The van der Waals surface area contributed by atoms with E-state index < -0.39 is 35.7 Å². The van der Waals surface area contributed by atoms with Crippen LogP contribution in [0, 0.1) is 11.6 Å². The zero-order valence-corrected chi connectivity index (χ0v) is 23.7. The number of benzene rings is 2. The monoisotopic (exact) mass is 528 g/mol. The second kappa shape index (κ2) is 14.8. The maximum Gasteiger partial charge on any atom is 0.128 e. The molecule has 0 unspecified atom stereocenters. The third-order valence-corrected chi connectivity index (χ3v) is 8.16. The van der Waals surface area contributed by atoms with Crippen molar-refractivity contribution in [2.75, 3.05) is 36.0 Å². The van der Waals surface area contributed by atoms with Crippen LogP contribution in [0.25, 0.3) is 0 Å². The number of hydrogen-bond acceptors (Lipinski definition) is 4. The molecule has 0 atom stereocenters. The van der Waals surface area contributed by atoms with Crippen LogP contribution >= 0.6 is 0 Å². The van der Waals surface area contributed by atoms with Crippen LogP contribution in [-0.2, 0) is 0 Å². The summed E-state index contributed by atoms with van der Waals surface area (Å²) in [5, 5.41) is 26.3. The lowest BCUT2D eigenvalue weighted by Gasteiger charge is -2.61. The van der Waals surface area contributed by atoms with E-state index >= 15 is 8.78 Å². The van der Waals surface area contributed by atoms with Gasteiger partial charge in [0.2, 0.25) is 0 Å². The number of nitrogens with zero attached hydrogens (tertiary/aromatic N) is 2. The van der Waals surface area contributed by atoms with Gasteiger partial charge in [-0.1, -0.05) is 64.5 Å². The van der Waals surface area contributed by atoms with Crippen LogP contribution in [0.1, 0.15) is 102 Å². The van der Waals surface area contributed by atoms with Gasteiger partial charge in [0.25, 0.3) is 0 Å². The van der Waals surface area contributed by atoms with Gasteiger partial charge in [-0.05, 0) is 73.9 Å². The highest BCUT2D eigenvalue weighted by molar-refractivity contribution is 5.52. The van der Waals surface area contributed by atoms with Crippen LogP contribution in [-0.4, -0.2) is 38.4 Å². The predicted molar refractivity (Wildman–Crippen MR) is 150 cm³/mol. The van der Waals surface area contributed by atoms with Gasteiger partial charge in [-0.2, -0.15) is 0 Å². The summed E-state index contributed by atoms with van der Waals surface area (Å²) in [5.41, 5.74) is 1.85. The molecule has 212 valence electrons. The van der Waals surface area contributed by atoms with Gasteiger partial charge >= 0.3 is 0 Å². The molecule has 0 amide bonds. The standard InChI is InChI=1S/C32H46F2N2O2/c1-5-9-11-13-19-35(7-3)23-15-17-25(27(33)21-23)29-31(37)30(32(29)38)26-18-16-24(22-28(26)34)36(8-4)20-14-12-10-6-2/h15-18,21-22,29-32H,5-14,19-20H2,1-4H3/q-2. The summed E-state index contributed by atoms with van der Waals surface area (Å²) >= 11 is 0. The van der Waals surface area contributed by atoms with Crippen molar-refractivity contribution in [2.45, 2.75) is 103 Å². The fourth-order valence-electron chi connectivity index (χ4n) is 5.75. The lowest BCUT2D eigenvalue weighted by atomic mass is 9.63. The van der Waals surface area contributed by atoms with Gasteiger partial charge in [-0.3, -0.25) is 0 Å². The molecule has 0 aromatic heterocycles. The Labute approximate surface area is 228 Å². The van der Waals surface area contributed by atoms with Crippen LogP contribution in [0.4, 0.5) is 20.2 Å². The Kier molecular flexibility index (Phi) is 11.9. The van der Waals surface area contributed by atoms with Crippen molar-refractivity contribution in [1.82, 2.24) is 0 Å². The smallest absolute Gasteiger partial charge is 0.128 e. The number of rotatable bonds is 16. The summed E-state index contributed by atoms with van der Waals surface area (Å²) in [6.07, 6.45) is 6.31. The van der Waals surface area contributed by atoms with E-state index in [4.69, 9.17) is 0 Å². The van der Waals surface area contributed by atoms with Crippen molar-refractivity contribution in [3.05, 3.63) is 59.2 Å². The first-order chi connectivity index (χ1) is 18.4. The van der Waals surface area contributed by atoms with E-state index in [1.807, 2.05) is 26.0 Å². The Bertz CT molecular complexity index is 914. The minimum absolute atomic E-state index is 0.160. The molecule has 0 radical (unpaired) electrons. The average molecular weight is 529 g/mol. The zero-order chi connectivity index (χ0) is 27.7. The van der Waals surface area contributed by atoms with Gasteiger partial charge in [0.05, 0.1) is 0 Å². The van der Waals surface area contributed by atoms with E-state index in [-0.39, 0.29) is 11.1 Å². The highest BCUT2D eigenvalue weighted by Gasteiger charge is 2.40. The topological polar surface area (TPSA) is 52.6 Å². The molecule has 4 nitrogen and oxygen atoms in total. The first-order valence-electron chi connectivity index (χ1n) is 14.8. The summed E-state index contributed by atoms with van der Waals surface area (Å²) in [7, 11) is 0. The van der Waals surface area contributed by atoms with Gasteiger partial charge < -0.3 is 20.0 Å². The third kappa shape index (κ3) is 7.06.